The Hall–Kier alpha value is -2.70. The predicted molar refractivity (Wildman–Crippen MR) is 116 cm³/mol. The van der Waals surface area contributed by atoms with Crippen molar-refractivity contribution < 1.29 is 19.4 Å². The first-order valence-electron chi connectivity index (χ1n) is 10.3. The lowest BCUT2D eigenvalue weighted by Gasteiger charge is -2.38. The minimum atomic E-state index is -1.38. The van der Waals surface area contributed by atoms with Crippen LogP contribution in [0.15, 0.2) is 48.5 Å². The van der Waals surface area contributed by atoms with Crippen molar-refractivity contribution >= 4 is 11.9 Å². The van der Waals surface area contributed by atoms with Crippen LogP contribution in [-0.2, 0) is 14.3 Å². The van der Waals surface area contributed by atoms with E-state index in [9.17, 15) is 14.7 Å². The van der Waals surface area contributed by atoms with E-state index in [1.165, 1.54) is 0 Å². The quantitative estimate of drug-likeness (QED) is 0.617. The van der Waals surface area contributed by atoms with Gasteiger partial charge in [0, 0.05) is 5.92 Å². The average Bonchev–Trinajstić information content (AvgIpc) is 3.05. The largest absolute Gasteiger partial charge is 0.480 e. The number of hydrogen-bond donors (Lipinski definition) is 2. The van der Waals surface area contributed by atoms with Crippen LogP contribution in [0.2, 0.25) is 0 Å². The molecule has 1 aliphatic carbocycles. The van der Waals surface area contributed by atoms with Gasteiger partial charge in [0.1, 0.15) is 12.1 Å². The van der Waals surface area contributed by atoms with Gasteiger partial charge in [-0.25, -0.2) is 0 Å². The summed E-state index contributed by atoms with van der Waals surface area (Å²) in [4.78, 5) is 26.8. The molecule has 1 aliphatic rings. The van der Waals surface area contributed by atoms with Crippen LogP contribution in [0.25, 0.3) is 11.1 Å². The van der Waals surface area contributed by atoms with Crippen molar-refractivity contribution in [1.82, 2.24) is 4.90 Å². The van der Waals surface area contributed by atoms with Crippen molar-refractivity contribution in [2.45, 2.75) is 31.2 Å². The maximum absolute atomic E-state index is 13.1. The Morgan fingerprint density at radius 3 is 2.10 bits per heavy atom. The number of likely N-dealkylation sites (N-methyl/N-ethyl adjacent to an activating group) is 1. The summed E-state index contributed by atoms with van der Waals surface area (Å²) in [6, 6.07) is 16.2. The molecule has 0 aromatic heterocycles. The summed E-state index contributed by atoms with van der Waals surface area (Å²) in [6.45, 7) is 2.13. The number of aliphatic carboxylic acids is 1. The summed E-state index contributed by atoms with van der Waals surface area (Å²) < 4.78 is 5.78. The Morgan fingerprint density at radius 1 is 1.10 bits per heavy atom. The number of carboxylic acid groups (broad SMARTS) is 1. The molecule has 2 aromatic carbocycles. The van der Waals surface area contributed by atoms with Crippen LogP contribution in [0.4, 0.5) is 0 Å². The van der Waals surface area contributed by atoms with Gasteiger partial charge in [-0.3, -0.25) is 14.5 Å². The molecule has 160 valence electrons. The molecule has 0 bridgehead atoms. The summed E-state index contributed by atoms with van der Waals surface area (Å²) in [5.74, 6) is -2.43. The van der Waals surface area contributed by atoms with Crippen LogP contribution in [0.3, 0.4) is 0 Å². The third kappa shape index (κ3) is 3.85. The number of hydrogen-bond acceptors (Lipinski definition) is 5. The summed E-state index contributed by atoms with van der Waals surface area (Å²) in [7, 11) is 3.33. The molecule has 6 nitrogen and oxygen atoms in total. The number of ether oxygens (including phenoxy) is 1. The maximum atomic E-state index is 13.1. The zero-order chi connectivity index (χ0) is 21.9. The third-order valence-corrected chi connectivity index (χ3v) is 6.38. The van der Waals surface area contributed by atoms with Crippen LogP contribution < -0.4 is 5.73 Å². The highest BCUT2D eigenvalue weighted by Crippen LogP contribution is 2.44. The van der Waals surface area contributed by atoms with Crippen molar-refractivity contribution in [2.75, 3.05) is 27.2 Å². The molecular formula is C24H30N2O4. The van der Waals surface area contributed by atoms with Gasteiger partial charge in [0.15, 0.2) is 0 Å². The predicted octanol–water partition coefficient (Wildman–Crippen LogP) is 3.10. The van der Waals surface area contributed by atoms with E-state index < -0.39 is 23.4 Å². The van der Waals surface area contributed by atoms with E-state index in [0.717, 1.165) is 22.3 Å². The number of nitrogens with two attached hydrogens (primary N) is 1. The fourth-order valence-corrected chi connectivity index (χ4v) is 4.31. The summed E-state index contributed by atoms with van der Waals surface area (Å²) in [5, 5.41) is 9.88. The molecule has 0 amide bonds. The highest BCUT2D eigenvalue weighted by molar-refractivity contribution is 5.87. The van der Waals surface area contributed by atoms with Gasteiger partial charge in [-0.2, -0.15) is 0 Å². The molecule has 2 aromatic rings. The molecule has 30 heavy (non-hydrogen) atoms. The second-order valence-corrected chi connectivity index (χ2v) is 8.19. The second kappa shape index (κ2) is 8.98. The zero-order valence-corrected chi connectivity index (χ0v) is 17.8. The summed E-state index contributed by atoms with van der Waals surface area (Å²) >= 11 is 0. The lowest BCUT2D eigenvalue weighted by molar-refractivity contribution is -0.166. The van der Waals surface area contributed by atoms with Crippen molar-refractivity contribution in [3.63, 3.8) is 0 Å². The normalized spacial score (nSPS) is 15.9. The minimum absolute atomic E-state index is 0.0630. The molecule has 0 aliphatic heterocycles. The Labute approximate surface area is 177 Å². The average molecular weight is 411 g/mol. The first kappa shape index (κ1) is 22.0. The van der Waals surface area contributed by atoms with Crippen LogP contribution in [0.1, 0.15) is 36.8 Å². The van der Waals surface area contributed by atoms with Gasteiger partial charge in [-0.05, 0) is 62.7 Å². The highest BCUT2D eigenvalue weighted by Gasteiger charge is 2.48. The van der Waals surface area contributed by atoms with Crippen LogP contribution in [-0.4, -0.2) is 54.7 Å². The smallest absolute Gasteiger partial charge is 0.324 e. The number of fused-ring (bicyclic) bond motifs is 3. The number of carbonyl (C=O) groups excluding carboxylic acids is 1. The Bertz CT molecular complexity index is 881. The monoisotopic (exact) mass is 410 g/mol. The van der Waals surface area contributed by atoms with E-state index in [1.54, 1.807) is 25.9 Å². The SMILES string of the molecule is CN(C)[C@](C)(C(=O)O)C(CCCN)C(=O)OCC1c2ccccc2-c2ccccc21. The van der Waals surface area contributed by atoms with Crippen molar-refractivity contribution in [2.24, 2.45) is 11.7 Å². The second-order valence-electron chi connectivity index (χ2n) is 8.19. The molecule has 3 rings (SSSR count). The molecule has 6 heteroatoms. The third-order valence-electron chi connectivity index (χ3n) is 6.38. The molecule has 2 atom stereocenters. The number of carbonyl (C=O) groups is 2. The molecule has 0 fully saturated rings. The first-order chi connectivity index (χ1) is 14.3. The van der Waals surface area contributed by atoms with E-state index in [-0.39, 0.29) is 12.5 Å². The van der Waals surface area contributed by atoms with Gasteiger partial charge < -0.3 is 15.6 Å². The number of carboxylic acids is 1. The molecule has 0 saturated heterocycles. The van der Waals surface area contributed by atoms with Gasteiger partial charge >= 0.3 is 11.9 Å². The molecular weight excluding hydrogens is 380 g/mol. The lowest BCUT2D eigenvalue weighted by atomic mass is 9.81. The highest BCUT2D eigenvalue weighted by atomic mass is 16.5. The van der Waals surface area contributed by atoms with E-state index in [0.29, 0.717) is 19.4 Å². The van der Waals surface area contributed by atoms with E-state index in [2.05, 4.69) is 24.3 Å². The molecule has 0 heterocycles. The lowest BCUT2D eigenvalue weighted by Crippen LogP contribution is -2.57. The fourth-order valence-electron chi connectivity index (χ4n) is 4.31. The Kier molecular flexibility index (Phi) is 6.58. The van der Waals surface area contributed by atoms with Gasteiger partial charge in [-0.15, -0.1) is 0 Å². The van der Waals surface area contributed by atoms with Crippen molar-refractivity contribution in [3.8, 4) is 11.1 Å². The molecule has 0 saturated carbocycles. The van der Waals surface area contributed by atoms with Crippen LogP contribution in [0, 0.1) is 5.92 Å². The topological polar surface area (TPSA) is 92.9 Å². The summed E-state index contributed by atoms with van der Waals surface area (Å²) in [5.41, 5.74) is 8.81. The van der Waals surface area contributed by atoms with Gasteiger partial charge in [0.2, 0.25) is 0 Å². The van der Waals surface area contributed by atoms with Gasteiger partial charge in [0.05, 0.1) is 5.92 Å². The van der Waals surface area contributed by atoms with Crippen LogP contribution in [0.5, 0.6) is 0 Å². The molecule has 0 spiro atoms. The van der Waals surface area contributed by atoms with Crippen molar-refractivity contribution in [3.05, 3.63) is 59.7 Å². The maximum Gasteiger partial charge on any atom is 0.324 e. The number of benzene rings is 2. The molecule has 1 unspecified atom stereocenters. The first-order valence-corrected chi connectivity index (χ1v) is 10.3. The number of rotatable bonds is 9. The molecule has 3 N–H and O–H groups in total. The van der Waals surface area contributed by atoms with Crippen molar-refractivity contribution in [1.29, 1.82) is 0 Å². The fraction of sp³-hybridized carbons (Fsp3) is 0.417. The van der Waals surface area contributed by atoms with Crippen LogP contribution >= 0.6 is 0 Å². The van der Waals surface area contributed by atoms with E-state index in [4.69, 9.17) is 10.5 Å². The Morgan fingerprint density at radius 2 is 1.63 bits per heavy atom. The molecule has 0 radical (unpaired) electrons. The van der Waals surface area contributed by atoms with Gasteiger partial charge in [0.25, 0.3) is 0 Å². The van der Waals surface area contributed by atoms with E-state index in [1.807, 2.05) is 24.3 Å². The minimum Gasteiger partial charge on any atom is -0.480 e. The van der Waals surface area contributed by atoms with Gasteiger partial charge in [-0.1, -0.05) is 48.5 Å². The number of esters is 1. The zero-order valence-electron chi connectivity index (χ0n) is 17.8. The summed E-state index contributed by atoms with van der Waals surface area (Å²) in [6.07, 6.45) is 0.903. The van der Waals surface area contributed by atoms with E-state index >= 15 is 0 Å². The standard InChI is InChI=1S/C24H30N2O4/c1-24(23(28)29,26(2)3)21(13-8-14-25)22(27)30-15-20-18-11-6-4-9-16(18)17-10-5-7-12-19(17)20/h4-7,9-12,20-21H,8,13-15,25H2,1-3H3,(H,28,29)/t21?,24-/m0/s1. The Balaban J connectivity index is 1.84. The number of nitrogens with zero attached hydrogens (tertiary/aromatic N) is 1.